The van der Waals surface area contributed by atoms with Gasteiger partial charge in [-0.05, 0) is 55.2 Å². The maximum absolute atomic E-state index is 13.0. The van der Waals surface area contributed by atoms with Crippen LogP contribution in [0.4, 0.5) is 4.39 Å². The Labute approximate surface area is 177 Å². The Kier molecular flexibility index (Phi) is 7.23. The summed E-state index contributed by atoms with van der Waals surface area (Å²) in [5.41, 5.74) is 2.61. The summed E-state index contributed by atoms with van der Waals surface area (Å²) in [6, 6.07) is 11.7. The summed E-state index contributed by atoms with van der Waals surface area (Å²) in [4.78, 5) is 14.5. The minimum atomic E-state index is -3.54. The molecule has 0 aliphatic carbocycles. The third kappa shape index (κ3) is 5.65. The maximum Gasteiger partial charge on any atom is 0.243 e. The van der Waals surface area contributed by atoms with Crippen molar-refractivity contribution in [1.29, 1.82) is 0 Å². The van der Waals surface area contributed by atoms with Crippen molar-refractivity contribution in [2.24, 2.45) is 0 Å². The van der Waals surface area contributed by atoms with Crippen molar-refractivity contribution >= 4 is 15.9 Å². The molecule has 1 amide bonds. The molecule has 1 N–H and O–H groups in total. The zero-order valence-electron chi connectivity index (χ0n) is 17.4. The molecule has 0 bridgehead atoms. The first-order valence-electron chi connectivity index (χ1n) is 10.1. The molecule has 2 aromatic carbocycles. The van der Waals surface area contributed by atoms with Crippen LogP contribution in [-0.2, 0) is 21.2 Å². The average Bonchev–Trinajstić information content (AvgIpc) is 2.71. The van der Waals surface area contributed by atoms with Crippen molar-refractivity contribution < 1.29 is 17.6 Å². The van der Waals surface area contributed by atoms with Crippen LogP contribution in [-0.4, -0.2) is 62.8 Å². The molecule has 162 valence electrons. The van der Waals surface area contributed by atoms with Gasteiger partial charge in [0.1, 0.15) is 5.82 Å². The van der Waals surface area contributed by atoms with E-state index in [1.54, 1.807) is 25.1 Å². The Bertz CT molecular complexity index is 985. The lowest BCUT2D eigenvalue weighted by molar-refractivity contribution is -0.122. The van der Waals surface area contributed by atoms with Gasteiger partial charge in [-0.1, -0.05) is 24.3 Å². The molecule has 0 aromatic heterocycles. The van der Waals surface area contributed by atoms with Gasteiger partial charge in [0, 0.05) is 32.7 Å². The molecule has 1 saturated heterocycles. The number of piperazine rings is 1. The van der Waals surface area contributed by atoms with Gasteiger partial charge < -0.3 is 5.32 Å². The Morgan fingerprint density at radius 2 is 1.70 bits per heavy atom. The lowest BCUT2D eigenvalue weighted by Gasteiger charge is -2.33. The van der Waals surface area contributed by atoms with E-state index in [4.69, 9.17) is 0 Å². The fourth-order valence-electron chi connectivity index (χ4n) is 3.51. The van der Waals surface area contributed by atoms with E-state index >= 15 is 0 Å². The minimum absolute atomic E-state index is 0.0945. The number of benzene rings is 2. The van der Waals surface area contributed by atoms with Crippen LogP contribution >= 0.6 is 0 Å². The summed E-state index contributed by atoms with van der Waals surface area (Å²) < 4.78 is 40.4. The van der Waals surface area contributed by atoms with E-state index in [2.05, 4.69) is 5.32 Å². The van der Waals surface area contributed by atoms with Crippen molar-refractivity contribution in [2.45, 2.75) is 25.2 Å². The van der Waals surface area contributed by atoms with Gasteiger partial charge in [-0.15, -0.1) is 0 Å². The molecule has 0 atom stereocenters. The second kappa shape index (κ2) is 9.68. The number of hydrogen-bond donors (Lipinski definition) is 1. The SMILES string of the molecule is Cc1ccc(C)c(S(=O)(=O)N2CCN(CC(=O)NCCc3ccc(F)cc3)CC2)c1. The van der Waals surface area contributed by atoms with Crippen LogP contribution in [0.25, 0.3) is 0 Å². The summed E-state index contributed by atoms with van der Waals surface area (Å²) in [7, 11) is -3.54. The van der Waals surface area contributed by atoms with Gasteiger partial charge in [0.25, 0.3) is 0 Å². The third-order valence-electron chi connectivity index (χ3n) is 5.31. The van der Waals surface area contributed by atoms with Crippen molar-refractivity contribution in [2.75, 3.05) is 39.3 Å². The first kappa shape index (κ1) is 22.4. The Morgan fingerprint density at radius 1 is 1.03 bits per heavy atom. The zero-order valence-corrected chi connectivity index (χ0v) is 18.2. The van der Waals surface area contributed by atoms with Crippen LogP contribution in [0.3, 0.4) is 0 Å². The standard InChI is InChI=1S/C22H28FN3O3S/c1-17-3-4-18(2)21(15-17)30(28,29)26-13-11-25(12-14-26)16-22(27)24-10-9-19-5-7-20(23)8-6-19/h3-8,15H,9-14,16H2,1-2H3,(H,24,27). The highest BCUT2D eigenvalue weighted by Gasteiger charge is 2.30. The minimum Gasteiger partial charge on any atom is -0.355 e. The van der Waals surface area contributed by atoms with Crippen LogP contribution in [0.1, 0.15) is 16.7 Å². The summed E-state index contributed by atoms with van der Waals surface area (Å²) in [5.74, 6) is -0.371. The zero-order chi connectivity index (χ0) is 21.7. The van der Waals surface area contributed by atoms with E-state index in [1.807, 2.05) is 24.0 Å². The number of nitrogens with one attached hydrogen (secondary N) is 1. The lowest BCUT2D eigenvalue weighted by atomic mass is 10.1. The number of sulfonamides is 1. The lowest BCUT2D eigenvalue weighted by Crippen LogP contribution is -2.51. The van der Waals surface area contributed by atoms with Crippen molar-refractivity contribution in [3.8, 4) is 0 Å². The molecule has 1 aliphatic rings. The highest BCUT2D eigenvalue weighted by Crippen LogP contribution is 2.22. The van der Waals surface area contributed by atoms with Gasteiger partial charge >= 0.3 is 0 Å². The van der Waals surface area contributed by atoms with Crippen LogP contribution < -0.4 is 5.32 Å². The molecule has 6 nitrogen and oxygen atoms in total. The number of carbonyl (C=O) groups excluding carboxylic acids is 1. The topological polar surface area (TPSA) is 69.7 Å². The van der Waals surface area contributed by atoms with Crippen LogP contribution in [0.15, 0.2) is 47.4 Å². The average molecular weight is 434 g/mol. The molecular formula is C22H28FN3O3S. The molecule has 2 aromatic rings. The molecule has 30 heavy (non-hydrogen) atoms. The normalized spacial score (nSPS) is 15.8. The number of aryl methyl sites for hydroxylation is 2. The van der Waals surface area contributed by atoms with E-state index in [-0.39, 0.29) is 18.3 Å². The van der Waals surface area contributed by atoms with E-state index < -0.39 is 10.0 Å². The number of halogens is 1. The molecule has 1 heterocycles. The summed E-state index contributed by atoms with van der Waals surface area (Å²) in [5, 5.41) is 2.87. The summed E-state index contributed by atoms with van der Waals surface area (Å²) >= 11 is 0. The highest BCUT2D eigenvalue weighted by molar-refractivity contribution is 7.89. The molecule has 0 saturated carbocycles. The predicted molar refractivity (Wildman–Crippen MR) is 114 cm³/mol. The molecular weight excluding hydrogens is 405 g/mol. The Morgan fingerprint density at radius 3 is 2.37 bits per heavy atom. The fraction of sp³-hybridized carbons (Fsp3) is 0.409. The quantitative estimate of drug-likeness (QED) is 0.726. The number of hydrogen-bond acceptors (Lipinski definition) is 4. The van der Waals surface area contributed by atoms with Gasteiger partial charge in [-0.2, -0.15) is 4.31 Å². The van der Waals surface area contributed by atoms with Crippen LogP contribution in [0, 0.1) is 19.7 Å². The van der Waals surface area contributed by atoms with E-state index in [1.165, 1.54) is 16.4 Å². The largest absolute Gasteiger partial charge is 0.355 e. The molecule has 3 rings (SSSR count). The third-order valence-corrected chi connectivity index (χ3v) is 7.35. The van der Waals surface area contributed by atoms with Crippen molar-refractivity contribution in [3.63, 3.8) is 0 Å². The Hall–Kier alpha value is -2.29. The van der Waals surface area contributed by atoms with Crippen molar-refractivity contribution in [3.05, 3.63) is 65.0 Å². The monoisotopic (exact) mass is 433 g/mol. The number of nitrogens with zero attached hydrogens (tertiary/aromatic N) is 2. The van der Waals surface area contributed by atoms with E-state index in [0.29, 0.717) is 44.0 Å². The number of carbonyl (C=O) groups is 1. The molecule has 8 heteroatoms. The molecule has 0 spiro atoms. The first-order chi connectivity index (χ1) is 14.3. The van der Waals surface area contributed by atoms with E-state index in [0.717, 1.165) is 16.7 Å². The summed E-state index contributed by atoms with van der Waals surface area (Å²) in [6.07, 6.45) is 0.633. The van der Waals surface area contributed by atoms with Gasteiger partial charge in [0.05, 0.1) is 11.4 Å². The highest BCUT2D eigenvalue weighted by atomic mass is 32.2. The van der Waals surface area contributed by atoms with Crippen molar-refractivity contribution in [1.82, 2.24) is 14.5 Å². The smallest absolute Gasteiger partial charge is 0.243 e. The van der Waals surface area contributed by atoms with Crippen LogP contribution in [0.2, 0.25) is 0 Å². The second-order valence-corrected chi connectivity index (χ2v) is 9.58. The van der Waals surface area contributed by atoms with Crippen LogP contribution in [0.5, 0.6) is 0 Å². The molecule has 0 radical (unpaired) electrons. The maximum atomic E-state index is 13.0. The predicted octanol–water partition coefficient (Wildman–Crippen LogP) is 2.11. The number of amides is 1. The Balaban J connectivity index is 1.46. The molecule has 0 unspecified atom stereocenters. The number of rotatable bonds is 7. The molecule has 1 fully saturated rings. The first-order valence-corrected chi connectivity index (χ1v) is 11.5. The van der Waals surface area contributed by atoms with Gasteiger partial charge in [0.2, 0.25) is 15.9 Å². The molecule has 1 aliphatic heterocycles. The van der Waals surface area contributed by atoms with E-state index in [9.17, 15) is 17.6 Å². The van der Waals surface area contributed by atoms with Gasteiger partial charge in [-0.25, -0.2) is 12.8 Å². The van der Waals surface area contributed by atoms with Gasteiger partial charge in [-0.3, -0.25) is 9.69 Å². The van der Waals surface area contributed by atoms with Gasteiger partial charge in [0.15, 0.2) is 0 Å². The fourth-order valence-corrected chi connectivity index (χ4v) is 5.24. The summed E-state index contributed by atoms with van der Waals surface area (Å²) in [6.45, 7) is 6.14. The second-order valence-electron chi connectivity index (χ2n) is 7.68.